The average molecular weight is 189 g/mol. The second kappa shape index (κ2) is 3.99. The lowest BCUT2D eigenvalue weighted by Gasteiger charge is -2.22. The highest BCUT2D eigenvalue weighted by Crippen LogP contribution is 2.26. The van der Waals surface area contributed by atoms with Gasteiger partial charge in [0.25, 0.3) is 0 Å². The minimum Gasteiger partial charge on any atom is -0.296 e. The van der Waals surface area contributed by atoms with Gasteiger partial charge in [-0.05, 0) is 27.2 Å². The van der Waals surface area contributed by atoms with Gasteiger partial charge in [0, 0.05) is 17.0 Å². The van der Waals surface area contributed by atoms with E-state index in [1.165, 1.54) is 12.2 Å². The normalized spacial score (nSPS) is 31.0. The molecule has 0 aromatic carbocycles. The van der Waals surface area contributed by atoms with Crippen LogP contribution in [0.4, 0.5) is 0 Å². The Morgan fingerprint density at radius 1 is 1.42 bits per heavy atom. The molecule has 0 amide bonds. The molecule has 12 heavy (non-hydrogen) atoms. The van der Waals surface area contributed by atoms with E-state index in [-0.39, 0.29) is 5.60 Å². The molecule has 0 aliphatic carbocycles. The van der Waals surface area contributed by atoms with Crippen LogP contribution in [0, 0.1) is 0 Å². The number of rotatable bonds is 2. The average Bonchev–Trinajstić information content (AvgIpc) is 2.30. The van der Waals surface area contributed by atoms with Crippen LogP contribution < -0.4 is 5.48 Å². The smallest absolute Gasteiger partial charge is 0.0813 e. The van der Waals surface area contributed by atoms with Gasteiger partial charge in [0.05, 0.1) is 5.60 Å². The Bertz CT molecular complexity index is 144. The third-order valence-corrected chi connectivity index (χ3v) is 3.09. The van der Waals surface area contributed by atoms with Crippen molar-refractivity contribution in [2.45, 2.75) is 51.0 Å². The molecule has 2 unspecified atom stereocenters. The van der Waals surface area contributed by atoms with Crippen molar-refractivity contribution >= 4 is 11.8 Å². The zero-order valence-electron chi connectivity index (χ0n) is 8.39. The fourth-order valence-electron chi connectivity index (χ4n) is 1.16. The highest BCUT2D eigenvalue weighted by Gasteiger charge is 2.23. The van der Waals surface area contributed by atoms with E-state index >= 15 is 0 Å². The first-order valence-corrected chi connectivity index (χ1v) is 5.57. The van der Waals surface area contributed by atoms with Gasteiger partial charge in [-0.2, -0.15) is 17.2 Å². The monoisotopic (exact) mass is 189 g/mol. The van der Waals surface area contributed by atoms with Crippen molar-refractivity contribution in [3.05, 3.63) is 0 Å². The molecule has 0 radical (unpaired) electrons. The molecule has 1 aliphatic rings. The maximum Gasteiger partial charge on any atom is 0.0813 e. The summed E-state index contributed by atoms with van der Waals surface area (Å²) in [5.41, 5.74) is 3.06. The predicted molar refractivity (Wildman–Crippen MR) is 54.3 cm³/mol. The summed E-state index contributed by atoms with van der Waals surface area (Å²) in [6.07, 6.45) is 1.22. The molecule has 1 saturated heterocycles. The fraction of sp³-hybridized carbons (Fsp3) is 1.00. The molecule has 0 bridgehead atoms. The Hall–Kier alpha value is 0.270. The lowest BCUT2D eigenvalue weighted by Crippen LogP contribution is -2.36. The van der Waals surface area contributed by atoms with Crippen molar-refractivity contribution in [3.8, 4) is 0 Å². The van der Waals surface area contributed by atoms with E-state index in [0.717, 1.165) is 5.25 Å². The molecule has 1 fully saturated rings. The predicted octanol–water partition coefficient (Wildman–Crippen LogP) is 2.20. The first kappa shape index (κ1) is 10.4. The largest absolute Gasteiger partial charge is 0.296 e. The van der Waals surface area contributed by atoms with Crippen molar-refractivity contribution in [1.82, 2.24) is 5.48 Å². The van der Waals surface area contributed by atoms with Crippen molar-refractivity contribution in [2.24, 2.45) is 0 Å². The van der Waals surface area contributed by atoms with Crippen LogP contribution in [0.5, 0.6) is 0 Å². The first-order chi connectivity index (χ1) is 5.47. The van der Waals surface area contributed by atoms with E-state index in [4.69, 9.17) is 4.84 Å². The number of nitrogens with one attached hydrogen (secondary N) is 1. The minimum atomic E-state index is -0.0729. The van der Waals surface area contributed by atoms with Gasteiger partial charge in [-0.3, -0.25) is 4.84 Å². The van der Waals surface area contributed by atoms with Gasteiger partial charge in [-0.1, -0.05) is 6.92 Å². The van der Waals surface area contributed by atoms with Crippen molar-refractivity contribution in [1.29, 1.82) is 0 Å². The summed E-state index contributed by atoms with van der Waals surface area (Å²) in [7, 11) is 0. The standard InChI is InChI=1S/C9H19NOS/c1-7-5-8(6-12-7)10-11-9(2,3)4/h7-8,10H,5-6H2,1-4H3. The number of hydrogen-bond donors (Lipinski definition) is 1. The molecule has 0 aromatic rings. The van der Waals surface area contributed by atoms with Gasteiger partial charge < -0.3 is 0 Å². The number of hydroxylamine groups is 1. The Labute approximate surface area is 79.4 Å². The van der Waals surface area contributed by atoms with Crippen LogP contribution >= 0.6 is 11.8 Å². The molecule has 2 atom stereocenters. The molecule has 0 spiro atoms. The summed E-state index contributed by atoms with van der Waals surface area (Å²) in [4.78, 5) is 5.50. The summed E-state index contributed by atoms with van der Waals surface area (Å²) in [5, 5.41) is 0.783. The van der Waals surface area contributed by atoms with Gasteiger partial charge in [-0.15, -0.1) is 0 Å². The maximum atomic E-state index is 5.50. The first-order valence-electron chi connectivity index (χ1n) is 4.52. The summed E-state index contributed by atoms with van der Waals surface area (Å²) in [6, 6.07) is 0.546. The van der Waals surface area contributed by atoms with Crippen LogP contribution in [0.15, 0.2) is 0 Å². The number of hydrogen-bond acceptors (Lipinski definition) is 3. The van der Waals surface area contributed by atoms with E-state index in [9.17, 15) is 0 Å². The molecule has 0 aromatic heterocycles. The maximum absolute atomic E-state index is 5.50. The lowest BCUT2D eigenvalue weighted by molar-refractivity contribution is -0.0852. The van der Waals surface area contributed by atoms with Crippen molar-refractivity contribution in [3.63, 3.8) is 0 Å². The van der Waals surface area contributed by atoms with E-state index in [2.05, 4.69) is 33.2 Å². The molecule has 2 nitrogen and oxygen atoms in total. The second-order valence-corrected chi connectivity index (χ2v) is 5.88. The SMILES string of the molecule is CC1CC(NOC(C)(C)C)CS1. The molecule has 3 heteroatoms. The van der Waals surface area contributed by atoms with Gasteiger partial charge in [-0.25, -0.2) is 0 Å². The lowest BCUT2D eigenvalue weighted by atomic mass is 10.2. The van der Waals surface area contributed by atoms with Gasteiger partial charge in [0.1, 0.15) is 0 Å². The number of thioether (sulfide) groups is 1. The van der Waals surface area contributed by atoms with Gasteiger partial charge in [0.15, 0.2) is 0 Å². The quantitative estimate of drug-likeness (QED) is 0.673. The second-order valence-electron chi connectivity index (χ2n) is 4.41. The zero-order chi connectivity index (χ0) is 9.19. The Morgan fingerprint density at radius 3 is 2.50 bits per heavy atom. The summed E-state index contributed by atoms with van der Waals surface area (Å²) in [6.45, 7) is 8.45. The van der Waals surface area contributed by atoms with Crippen LogP contribution in [0.1, 0.15) is 34.1 Å². The third kappa shape index (κ3) is 3.78. The Balaban J connectivity index is 2.16. The van der Waals surface area contributed by atoms with E-state index < -0.39 is 0 Å². The van der Waals surface area contributed by atoms with Gasteiger partial charge in [0.2, 0.25) is 0 Å². The zero-order valence-corrected chi connectivity index (χ0v) is 9.20. The minimum absolute atomic E-state index is 0.0729. The van der Waals surface area contributed by atoms with E-state index in [0.29, 0.717) is 6.04 Å². The van der Waals surface area contributed by atoms with Gasteiger partial charge >= 0.3 is 0 Å². The molecule has 1 rings (SSSR count). The molecule has 1 heterocycles. The van der Waals surface area contributed by atoms with Crippen LogP contribution in [-0.4, -0.2) is 22.6 Å². The highest BCUT2D eigenvalue weighted by molar-refractivity contribution is 8.00. The Kier molecular flexibility index (Phi) is 3.44. The molecule has 72 valence electrons. The fourth-order valence-corrected chi connectivity index (χ4v) is 2.29. The van der Waals surface area contributed by atoms with Crippen LogP contribution in [-0.2, 0) is 4.84 Å². The van der Waals surface area contributed by atoms with Crippen molar-refractivity contribution in [2.75, 3.05) is 5.75 Å². The third-order valence-electron chi connectivity index (χ3n) is 1.73. The van der Waals surface area contributed by atoms with Crippen LogP contribution in [0.3, 0.4) is 0 Å². The van der Waals surface area contributed by atoms with Crippen molar-refractivity contribution < 1.29 is 4.84 Å². The summed E-state index contributed by atoms with van der Waals surface area (Å²) >= 11 is 2.01. The van der Waals surface area contributed by atoms with E-state index in [1.807, 2.05) is 11.8 Å². The Morgan fingerprint density at radius 2 is 2.08 bits per heavy atom. The molecular formula is C9H19NOS. The molecule has 1 aliphatic heterocycles. The highest BCUT2D eigenvalue weighted by atomic mass is 32.2. The topological polar surface area (TPSA) is 21.3 Å². The van der Waals surface area contributed by atoms with Crippen LogP contribution in [0.2, 0.25) is 0 Å². The molecule has 0 saturated carbocycles. The molecular weight excluding hydrogens is 170 g/mol. The summed E-state index contributed by atoms with van der Waals surface area (Å²) < 4.78 is 0. The summed E-state index contributed by atoms with van der Waals surface area (Å²) in [5.74, 6) is 1.18. The van der Waals surface area contributed by atoms with Crippen LogP contribution in [0.25, 0.3) is 0 Å². The molecule has 1 N–H and O–H groups in total. The van der Waals surface area contributed by atoms with E-state index in [1.54, 1.807) is 0 Å².